The summed E-state index contributed by atoms with van der Waals surface area (Å²) in [4.78, 5) is 16.2. The van der Waals surface area contributed by atoms with Gasteiger partial charge in [0.05, 0.1) is 22.9 Å². The molecular weight excluding hydrogens is 312 g/mol. The Balaban J connectivity index is 1.40. The number of carbonyl (C=O) groups excluding carboxylic acids is 1. The van der Waals surface area contributed by atoms with Gasteiger partial charge < -0.3 is 15.2 Å². The molecular formula is C17H20N2O3S. The number of hydrogen-bond acceptors (Lipinski definition) is 5. The summed E-state index contributed by atoms with van der Waals surface area (Å²) in [6.07, 6.45) is 4.91. The van der Waals surface area contributed by atoms with E-state index < -0.39 is 6.10 Å². The van der Waals surface area contributed by atoms with Crippen LogP contribution >= 0.6 is 11.3 Å². The molecule has 1 heterocycles. The van der Waals surface area contributed by atoms with Gasteiger partial charge in [-0.2, -0.15) is 0 Å². The van der Waals surface area contributed by atoms with Crippen LogP contribution in [0.25, 0.3) is 16.3 Å². The van der Waals surface area contributed by atoms with Crippen LogP contribution in [0.3, 0.4) is 0 Å². The monoisotopic (exact) mass is 332 g/mol. The Morgan fingerprint density at radius 3 is 3.09 bits per heavy atom. The average Bonchev–Trinajstić information content (AvgIpc) is 3.27. The standard InChI is InChI=1S/C17H20N2O3S/c20-13(11-22-10-12-5-6-12)9-18-16(21)7-8-17-19-14-3-1-2-4-15(14)23-17/h1-4,7-8,12-13,20H,5-6,9-11H2,(H,18,21)/b8-7+. The van der Waals surface area contributed by atoms with Gasteiger partial charge in [-0.3, -0.25) is 4.79 Å². The first-order valence-electron chi connectivity index (χ1n) is 7.78. The number of amides is 1. The van der Waals surface area contributed by atoms with E-state index in [1.54, 1.807) is 6.08 Å². The van der Waals surface area contributed by atoms with E-state index in [0.717, 1.165) is 15.2 Å². The van der Waals surface area contributed by atoms with Gasteiger partial charge in [-0.05, 0) is 37.0 Å². The van der Waals surface area contributed by atoms with E-state index in [0.29, 0.717) is 12.5 Å². The van der Waals surface area contributed by atoms with Crippen LogP contribution in [-0.4, -0.2) is 41.9 Å². The molecule has 0 saturated heterocycles. The van der Waals surface area contributed by atoms with Crippen molar-refractivity contribution in [2.24, 2.45) is 5.92 Å². The minimum Gasteiger partial charge on any atom is -0.389 e. The molecule has 23 heavy (non-hydrogen) atoms. The number of aromatic nitrogens is 1. The molecule has 0 bridgehead atoms. The fourth-order valence-electron chi connectivity index (χ4n) is 2.10. The average molecular weight is 332 g/mol. The van der Waals surface area contributed by atoms with E-state index in [2.05, 4.69) is 10.3 Å². The van der Waals surface area contributed by atoms with Crippen molar-refractivity contribution < 1.29 is 14.6 Å². The number of nitrogens with one attached hydrogen (secondary N) is 1. The maximum absolute atomic E-state index is 11.8. The van der Waals surface area contributed by atoms with Crippen molar-refractivity contribution in [3.05, 3.63) is 35.3 Å². The summed E-state index contributed by atoms with van der Waals surface area (Å²) in [5.74, 6) is 0.430. The van der Waals surface area contributed by atoms with Crippen LogP contribution in [0.4, 0.5) is 0 Å². The minimum absolute atomic E-state index is 0.188. The molecule has 1 atom stereocenters. The maximum atomic E-state index is 11.8. The minimum atomic E-state index is -0.673. The quantitative estimate of drug-likeness (QED) is 0.727. The normalized spacial score (nSPS) is 16.0. The van der Waals surface area contributed by atoms with Gasteiger partial charge in [0, 0.05) is 19.2 Å². The zero-order valence-electron chi connectivity index (χ0n) is 12.8. The number of aliphatic hydroxyl groups excluding tert-OH is 1. The molecule has 6 heteroatoms. The van der Waals surface area contributed by atoms with E-state index in [1.807, 2.05) is 24.3 Å². The lowest BCUT2D eigenvalue weighted by Crippen LogP contribution is -2.33. The first-order valence-corrected chi connectivity index (χ1v) is 8.59. The van der Waals surface area contributed by atoms with Crippen LogP contribution in [0.2, 0.25) is 0 Å². The molecule has 3 rings (SSSR count). The second-order valence-corrected chi connectivity index (χ2v) is 6.80. The molecule has 0 radical (unpaired) electrons. The molecule has 2 N–H and O–H groups in total. The molecule has 0 spiro atoms. The molecule has 2 aromatic rings. The summed E-state index contributed by atoms with van der Waals surface area (Å²) < 4.78 is 6.48. The molecule has 0 aliphatic heterocycles. The van der Waals surface area contributed by atoms with Crippen molar-refractivity contribution >= 4 is 33.5 Å². The number of thiazole rings is 1. The number of para-hydroxylation sites is 1. The maximum Gasteiger partial charge on any atom is 0.244 e. The highest BCUT2D eigenvalue weighted by molar-refractivity contribution is 7.19. The molecule has 5 nitrogen and oxygen atoms in total. The second kappa shape index (κ2) is 7.68. The Hall–Kier alpha value is -1.76. The van der Waals surface area contributed by atoms with Crippen LogP contribution in [-0.2, 0) is 9.53 Å². The van der Waals surface area contributed by atoms with Gasteiger partial charge in [0.25, 0.3) is 0 Å². The third kappa shape index (κ3) is 5.13. The molecule has 122 valence electrons. The van der Waals surface area contributed by atoms with E-state index in [-0.39, 0.29) is 19.1 Å². The Morgan fingerprint density at radius 1 is 1.48 bits per heavy atom. The van der Waals surface area contributed by atoms with Gasteiger partial charge in [-0.25, -0.2) is 4.98 Å². The highest BCUT2D eigenvalue weighted by atomic mass is 32.1. The van der Waals surface area contributed by atoms with Gasteiger partial charge in [0.2, 0.25) is 5.91 Å². The summed E-state index contributed by atoms with van der Waals surface area (Å²) in [6, 6.07) is 7.85. The van der Waals surface area contributed by atoms with Crippen molar-refractivity contribution in [1.82, 2.24) is 10.3 Å². The summed E-state index contributed by atoms with van der Waals surface area (Å²) in [5, 5.41) is 13.2. The highest BCUT2D eigenvalue weighted by Crippen LogP contribution is 2.28. The lowest BCUT2D eigenvalue weighted by molar-refractivity contribution is -0.117. The van der Waals surface area contributed by atoms with Crippen LogP contribution in [0.15, 0.2) is 30.3 Å². The van der Waals surface area contributed by atoms with Crippen LogP contribution < -0.4 is 5.32 Å². The highest BCUT2D eigenvalue weighted by Gasteiger charge is 2.21. The SMILES string of the molecule is O=C(/C=C/c1nc2ccccc2s1)NCC(O)COCC1CC1. The number of nitrogens with zero attached hydrogens (tertiary/aromatic N) is 1. The lowest BCUT2D eigenvalue weighted by atomic mass is 10.3. The summed E-state index contributed by atoms with van der Waals surface area (Å²) in [6.45, 7) is 1.16. The van der Waals surface area contributed by atoms with Gasteiger partial charge in [0.15, 0.2) is 0 Å². The summed E-state index contributed by atoms with van der Waals surface area (Å²) in [5.41, 5.74) is 0.931. The first-order chi connectivity index (χ1) is 11.2. The fourth-order valence-corrected chi connectivity index (χ4v) is 2.97. The predicted molar refractivity (Wildman–Crippen MR) is 91.2 cm³/mol. The van der Waals surface area contributed by atoms with Gasteiger partial charge >= 0.3 is 0 Å². The number of carbonyl (C=O) groups is 1. The zero-order chi connectivity index (χ0) is 16.1. The van der Waals surface area contributed by atoms with Crippen molar-refractivity contribution in [3.63, 3.8) is 0 Å². The second-order valence-electron chi connectivity index (χ2n) is 5.73. The lowest BCUT2D eigenvalue weighted by Gasteiger charge is -2.11. The van der Waals surface area contributed by atoms with E-state index in [1.165, 1.54) is 30.3 Å². The third-order valence-electron chi connectivity index (χ3n) is 3.56. The topological polar surface area (TPSA) is 71.5 Å². The molecule has 1 unspecified atom stereocenters. The number of rotatable bonds is 8. The Labute approximate surface area is 139 Å². The number of fused-ring (bicyclic) bond motifs is 1. The van der Waals surface area contributed by atoms with Crippen LogP contribution in [0.5, 0.6) is 0 Å². The van der Waals surface area contributed by atoms with Crippen molar-refractivity contribution in [1.29, 1.82) is 0 Å². The van der Waals surface area contributed by atoms with E-state index >= 15 is 0 Å². The third-order valence-corrected chi connectivity index (χ3v) is 4.56. The van der Waals surface area contributed by atoms with E-state index in [9.17, 15) is 9.90 Å². The molecule has 1 aliphatic carbocycles. The molecule has 1 aliphatic rings. The van der Waals surface area contributed by atoms with Gasteiger partial charge in [0.1, 0.15) is 5.01 Å². The predicted octanol–water partition coefficient (Wildman–Crippen LogP) is 2.21. The molecule has 1 fully saturated rings. The Bertz CT molecular complexity index is 661. The van der Waals surface area contributed by atoms with Gasteiger partial charge in [-0.15, -0.1) is 11.3 Å². The largest absolute Gasteiger partial charge is 0.389 e. The Kier molecular flexibility index (Phi) is 5.38. The molecule has 1 saturated carbocycles. The smallest absolute Gasteiger partial charge is 0.244 e. The molecule has 1 aromatic carbocycles. The summed E-state index contributed by atoms with van der Waals surface area (Å²) >= 11 is 1.54. The molecule has 1 amide bonds. The number of benzene rings is 1. The number of aliphatic hydroxyl groups is 1. The number of hydrogen-bond donors (Lipinski definition) is 2. The fraction of sp³-hybridized carbons (Fsp3) is 0.412. The summed E-state index contributed by atoms with van der Waals surface area (Å²) in [7, 11) is 0. The van der Waals surface area contributed by atoms with Crippen molar-refractivity contribution in [3.8, 4) is 0 Å². The van der Waals surface area contributed by atoms with Crippen LogP contribution in [0.1, 0.15) is 17.8 Å². The van der Waals surface area contributed by atoms with Gasteiger partial charge in [-0.1, -0.05) is 12.1 Å². The van der Waals surface area contributed by atoms with Crippen molar-refractivity contribution in [2.75, 3.05) is 19.8 Å². The Morgan fingerprint density at radius 2 is 2.30 bits per heavy atom. The van der Waals surface area contributed by atoms with E-state index in [4.69, 9.17) is 4.74 Å². The number of ether oxygens (including phenoxy) is 1. The molecule has 1 aromatic heterocycles. The van der Waals surface area contributed by atoms with Crippen LogP contribution in [0, 0.1) is 5.92 Å². The van der Waals surface area contributed by atoms with Crippen molar-refractivity contribution in [2.45, 2.75) is 18.9 Å². The zero-order valence-corrected chi connectivity index (χ0v) is 13.6. The first kappa shape index (κ1) is 16.1.